The molecule has 0 saturated carbocycles. The predicted molar refractivity (Wildman–Crippen MR) is 251 cm³/mol. The predicted octanol–water partition coefficient (Wildman–Crippen LogP) is 4.11. The smallest absolute Gasteiger partial charge is 0.457 e. The largest absolute Gasteiger partial charge is 2.00 e. The van der Waals surface area contributed by atoms with Crippen LogP contribution in [0.4, 0.5) is 0 Å². The summed E-state index contributed by atoms with van der Waals surface area (Å²) in [4.78, 5) is 50.3. The van der Waals surface area contributed by atoms with Crippen molar-refractivity contribution in [3.8, 4) is 45.6 Å². The van der Waals surface area contributed by atoms with Crippen LogP contribution in [0.3, 0.4) is 0 Å². The van der Waals surface area contributed by atoms with Crippen LogP contribution in [-0.2, 0) is 70.7 Å². The molecule has 72 heavy (non-hydrogen) atoms. The van der Waals surface area contributed by atoms with E-state index in [1.807, 2.05) is 141 Å². The monoisotopic (exact) mass is 1090 g/mol. The topological polar surface area (TPSA) is 454 Å². The van der Waals surface area contributed by atoms with Crippen molar-refractivity contribution >= 4 is 0 Å². The van der Waals surface area contributed by atoms with E-state index < -0.39 is 20.3 Å². The summed E-state index contributed by atoms with van der Waals surface area (Å²) in [6, 6.07) is 31.2. The molecule has 30 nitrogen and oxygen atoms in total. The van der Waals surface area contributed by atoms with Crippen LogP contribution >= 0.6 is 0 Å². The summed E-state index contributed by atoms with van der Waals surface area (Å²) in [6.45, 7) is 2.84. The van der Waals surface area contributed by atoms with Crippen molar-refractivity contribution in [3.05, 3.63) is 232 Å². The van der Waals surface area contributed by atoms with Gasteiger partial charge in [-0.2, -0.15) is 20.4 Å². The molecule has 8 heterocycles. The van der Waals surface area contributed by atoms with Crippen LogP contribution in [0.15, 0.2) is 171 Å². The Morgan fingerprint density at radius 3 is 0.667 bits per heavy atom. The Kier molecular flexibility index (Phi) is 33.0. The average Bonchev–Trinajstić information content (AvgIpc) is 4.16. The zero-order valence-electron chi connectivity index (χ0n) is 36.9. The quantitative estimate of drug-likeness (QED) is 0.0718. The average molecular weight is 1090 g/mol. The van der Waals surface area contributed by atoms with Gasteiger partial charge in [0.25, 0.3) is 0 Å². The molecule has 32 heteroatoms. The Balaban J connectivity index is 0. The van der Waals surface area contributed by atoms with Crippen molar-refractivity contribution < 1.29 is 64.9 Å². The molecule has 0 amide bonds. The van der Waals surface area contributed by atoms with Gasteiger partial charge in [0, 0.05) is 49.6 Å². The summed E-state index contributed by atoms with van der Waals surface area (Å²) in [6.07, 6.45) is 23.3. The number of allylic oxidation sites excluding steroid dienone is 4. The number of hydrogen-bond donors (Lipinski definition) is 0. The Labute approximate surface area is 426 Å². The molecule has 2 radical (unpaired) electrons. The Hall–Kier alpha value is -9.35. The van der Waals surface area contributed by atoms with Crippen molar-refractivity contribution in [2.24, 2.45) is 0 Å². The molecule has 0 aromatic carbocycles. The first-order chi connectivity index (χ1) is 32.7. The van der Waals surface area contributed by atoms with Crippen LogP contribution in [0.5, 0.6) is 0 Å². The molecule has 0 bridgehead atoms. The van der Waals surface area contributed by atoms with E-state index in [0.717, 1.165) is 45.6 Å². The molecule has 8 aromatic heterocycles. The number of aromatic nitrogens is 12. The number of rotatable bonds is 12. The second-order valence-electron chi connectivity index (χ2n) is 12.4. The van der Waals surface area contributed by atoms with Gasteiger partial charge in [-0.25, -0.2) is 0 Å². The van der Waals surface area contributed by atoms with Crippen molar-refractivity contribution in [1.29, 1.82) is 0 Å². The molecule has 0 aliphatic carbocycles. The second-order valence-corrected chi connectivity index (χ2v) is 12.4. The summed E-state index contributed by atoms with van der Waals surface area (Å²) in [5.41, 5.74) is 7.06. The fourth-order valence-electron chi connectivity index (χ4n) is 5.19. The minimum Gasteiger partial charge on any atom is -0.457 e. The third kappa shape index (κ3) is 27.5. The zero-order chi connectivity index (χ0) is 49.5. The summed E-state index contributed by atoms with van der Waals surface area (Å²) in [5.74, 6) is 0. The molecule has 0 fully saturated rings. The van der Waals surface area contributed by atoms with Gasteiger partial charge < -0.3 is 72.2 Å². The van der Waals surface area contributed by atoms with Crippen molar-refractivity contribution in [2.45, 2.75) is 26.2 Å². The Bertz CT molecular complexity index is 2390. The van der Waals surface area contributed by atoms with Crippen LogP contribution in [0.1, 0.15) is 0 Å². The molecule has 0 saturated heterocycles. The van der Waals surface area contributed by atoms with Crippen LogP contribution in [0.2, 0.25) is 0 Å². The van der Waals surface area contributed by atoms with Gasteiger partial charge in [-0.15, -0.1) is 0 Å². The first-order valence-electron chi connectivity index (χ1n) is 19.1. The second kappa shape index (κ2) is 36.7. The molecular formula is C40H42Co2N16O14+2. The van der Waals surface area contributed by atoms with Crippen molar-refractivity contribution in [3.63, 3.8) is 0 Å². The van der Waals surface area contributed by atoms with E-state index in [4.69, 9.17) is 61.3 Å². The van der Waals surface area contributed by atoms with Gasteiger partial charge in [0.15, 0.2) is 0 Å². The number of nitrogens with zero attached hydrogens (tertiary/aromatic N) is 16. The van der Waals surface area contributed by atoms with Gasteiger partial charge in [0.05, 0.1) is 69.3 Å². The van der Waals surface area contributed by atoms with Crippen LogP contribution in [0, 0.1) is 61.3 Å². The van der Waals surface area contributed by atoms with E-state index in [1.165, 1.54) is 0 Å². The third-order valence-electron chi connectivity index (χ3n) is 7.78. The molecule has 0 atom stereocenters. The van der Waals surface area contributed by atoms with E-state index >= 15 is 0 Å². The van der Waals surface area contributed by atoms with Crippen LogP contribution in [0.25, 0.3) is 45.6 Å². The Morgan fingerprint density at radius 2 is 0.514 bits per heavy atom. The number of pyridine rings is 4. The minimum absolute atomic E-state index is 0. The molecule has 6 N–H and O–H groups in total. The van der Waals surface area contributed by atoms with Crippen LogP contribution < -0.4 is 0 Å². The Morgan fingerprint density at radius 1 is 0.333 bits per heavy atom. The fourth-order valence-corrected chi connectivity index (χ4v) is 5.19. The summed E-state index contributed by atoms with van der Waals surface area (Å²) >= 11 is 0. The van der Waals surface area contributed by atoms with Crippen LogP contribution in [-0.4, -0.2) is 79.4 Å². The maximum absolute atomic E-state index is 8.25. The van der Waals surface area contributed by atoms with Gasteiger partial charge in [-0.1, -0.05) is 48.6 Å². The zero-order valence-corrected chi connectivity index (χ0v) is 39.0. The van der Waals surface area contributed by atoms with Gasteiger partial charge >= 0.3 is 33.6 Å². The molecule has 0 aliphatic rings. The maximum atomic E-state index is 8.25. The van der Waals surface area contributed by atoms with Gasteiger partial charge in [0.2, 0.25) is 0 Å². The molecule has 8 rings (SSSR count). The van der Waals surface area contributed by atoms with Gasteiger partial charge in [-0.3, -0.25) is 38.7 Å². The summed E-state index contributed by atoms with van der Waals surface area (Å²) in [5, 5.41) is 77.2. The van der Waals surface area contributed by atoms with Crippen molar-refractivity contribution in [1.82, 2.24) is 59.1 Å². The molecular weight excluding hydrogens is 1050 g/mol. The van der Waals surface area contributed by atoms with E-state index in [-0.39, 0.29) is 44.5 Å². The van der Waals surface area contributed by atoms with E-state index in [0.29, 0.717) is 26.2 Å². The molecule has 0 unspecified atom stereocenters. The molecule has 0 spiro atoms. The van der Waals surface area contributed by atoms with Gasteiger partial charge in [0.1, 0.15) is 22.8 Å². The van der Waals surface area contributed by atoms with E-state index in [9.17, 15) is 0 Å². The SMILES string of the molecule is C(=C\Cn1ccc(-c2ccccn2)n1)/Cn1ccc(-c2ccccn2)n1.C(=C\Cn1ccc(-c2ccccn2)n1)/Cn1ccc(-c2ccccn2)n1.O=[N+]([O-])[O-].O=[N+]([O-])[O-].O=[N+]([O-])[O-].O=[N+]([O-])[O-].[Co+2].[Co+2].[OH3+].[OH3+]. The van der Waals surface area contributed by atoms with Gasteiger partial charge in [-0.05, 0) is 72.8 Å². The maximum Gasteiger partial charge on any atom is 2.00 e. The summed E-state index contributed by atoms with van der Waals surface area (Å²) in [7, 11) is 0. The first-order valence-corrected chi connectivity index (χ1v) is 19.1. The van der Waals surface area contributed by atoms with Crippen molar-refractivity contribution in [2.75, 3.05) is 0 Å². The van der Waals surface area contributed by atoms with E-state index in [2.05, 4.69) is 64.6 Å². The summed E-state index contributed by atoms with van der Waals surface area (Å²) < 4.78 is 7.57. The fraction of sp³-hybridized carbons (Fsp3) is 0.100. The third-order valence-corrected chi connectivity index (χ3v) is 7.78. The molecule has 0 aliphatic heterocycles. The minimum atomic E-state index is -1.75. The normalized spacial score (nSPS) is 9.44. The molecule has 8 aromatic rings. The molecule has 382 valence electrons. The number of hydrogen-bond acceptors (Lipinski definition) is 20. The first kappa shape index (κ1) is 64.7. The van der Waals surface area contributed by atoms with E-state index in [1.54, 1.807) is 24.8 Å². The standard InChI is InChI=1S/2C20H18N6.2Co.4NO3.2H2O/c2*1-3-11-21-17(7-1)19-9-15-25(23-19)13-5-6-14-26-16-10-20(24-26)18-8-2-4-12-22-18;;;4*2-1(3)4;;/h2*1-12,15-16H,13-14H2;;;;;;;2*1H2/q;;2*+2;4*-1;;/p+2/b2*6-5+;;;;;;;;.